The molecule has 1 N–H and O–H groups in total. The number of nitriles is 1. The van der Waals surface area contributed by atoms with E-state index in [2.05, 4.69) is 21.3 Å². The van der Waals surface area contributed by atoms with Crippen LogP contribution in [0.15, 0.2) is 12.1 Å². The van der Waals surface area contributed by atoms with E-state index >= 15 is 0 Å². The van der Waals surface area contributed by atoms with E-state index in [4.69, 9.17) is 5.26 Å². The van der Waals surface area contributed by atoms with E-state index in [-0.39, 0.29) is 0 Å². The highest BCUT2D eigenvalue weighted by molar-refractivity contribution is 5.53. The first kappa shape index (κ1) is 12.8. The summed E-state index contributed by atoms with van der Waals surface area (Å²) in [5, 5.41) is 12.6. The summed E-state index contributed by atoms with van der Waals surface area (Å²) in [7, 11) is 2.03. The van der Waals surface area contributed by atoms with Gasteiger partial charge in [-0.25, -0.2) is 4.98 Å². The van der Waals surface area contributed by atoms with Crippen LogP contribution in [0.5, 0.6) is 0 Å². The van der Waals surface area contributed by atoms with Gasteiger partial charge in [0.25, 0.3) is 0 Å². The number of piperidine rings is 1. The maximum absolute atomic E-state index is 9.14. The zero-order chi connectivity index (χ0) is 13.0. The predicted octanol–water partition coefficient (Wildman–Crippen LogP) is 1.70. The third-order valence-electron chi connectivity index (χ3n) is 3.43. The lowest BCUT2D eigenvalue weighted by molar-refractivity contribution is 0.380. The summed E-state index contributed by atoms with van der Waals surface area (Å²) < 4.78 is 0. The number of hydrogen-bond donors (Lipinski definition) is 1. The number of aryl methyl sites for hydroxylation is 1. The molecule has 1 aliphatic heterocycles. The second-order valence-electron chi connectivity index (χ2n) is 5.03. The molecular formula is C14H20N4. The number of rotatable bonds is 3. The van der Waals surface area contributed by atoms with Crippen molar-refractivity contribution >= 4 is 5.82 Å². The van der Waals surface area contributed by atoms with Crippen molar-refractivity contribution < 1.29 is 0 Å². The van der Waals surface area contributed by atoms with E-state index in [9.17, 15) is 0 Å². The second kappa shape index (κ2) is 5.83. The number of hydrogen-bond acceptors (Lipinski definition) is 4. The van der Waals surface area contributed by atoms with E-state index < -0.39 is 0 Å². The highest BCUT2D eigenvalue weighted by atomic mass is 15.2. The van der Waals surface area contributed by atoms with Crippen molar-refractivity contribution in [2.24, 2.45) is 5.92 Å². The highest BCUT2D eigenvalue weighted by Gasteiger charge is 2.17. The van der Waals surface area contributed by atoms with Crippen LogP contribution >= 0.6 is 0 Å². The third-order valence-corrected chi connectivity index (χ3v) is 3.43. The lowest BCUT2D eigenvalue weighted by Gasteiger charge is -2.28. The summed E-state index contributed by atoms with van der Waals surface area (Å²) in [5.41, 5.74) is 1.62. The monoisotopic (exact) mass is 244 g/mol. The van der Waals surface area contributed by atoms with Gasteiger partial charge in [-0.05, 0) is 50.9 Å². The lowest BCUT2D eigenvalue weighted by Crippen LogP contribution is -2.37. The fraction of sp³-hybridized carbons (Fsp3) is 0.571. The molecule has 96 valence electrons. The fourth-order valence-corrected chi connectivity index (χ4v) is 2.47. The topological polar surface area (TPSA) is 52.0 Å². The lowest BCUT2D eigenvalue weighted by atomic mass is 9.99. The molecule has 1 aromatic rings. The van der Waals surface area contributed by atoms with Crippen LogP contribution in [0, 0.1) is 24.2 Å². The van der Waals surface area contributed by atoms with Gasteiger partial charge in [-0.3, -0.25) is 0 Å². The second-order valence-corrected chi connectivity index (χ2v) is 5.03. The summed E-state index contributed by atoms with van der Waals surface area (Å²) in [6, 6.07) is 5.96. The van der Waals surface area contributed by atoms with Gasteiger partial charge in [0.15, 0.2) is 0 Å². The Kier molecular flexibility index (Phi) is 4.16. The largest absolute Gasteiger partial charge is 0.358 e. The Balaban J connectivity index is 2.10. The number of nitrogens with zero attached hydrogens (tertiary/aromatic N) is 3. The van der Waals surface area contributed by atoms with Crippen molar-refractivity contribution in [3.8, 4) is 6.07 Å². The first-order valence-corrected chi connectivity index (χ1v) is 6.50. The molecule has 2 heterocycles. The molecule has 0 spiro atoms. The minimum absolute atomic E-state index is 0.651. The molecule has 0 saturated carbocycles. The first-order chi connectivity index (χ1) is 8.70. The van der Waals surface area contributed by atoms with Crippen LogP contribution in [-0.2, 0) is 0 Å². The average Bonchev–Trinajstić information content (AvgIpc) is 2.40. The molecule has 18 heavy (non-hydrogen) atoms. The molecule has 0 aliphatic carbocycles. The van der Waals surface area contributed by atoms with Crippen LogP contribution in [0.2, 0.25) is 0 Å². The van der Waals surface area contributed by atoms with Crippen molar-refractivity contribution in [1.29, 1.82) is 5.26 Å². The smallest absolute Gasteiger partial charge is 0.146 e. The molecule has 0 bridgehead atoms. The van der Waals surface area contributed by atoms with Crippen LogP contribution in [0.3, 0.4) is 0 Å². The van der Waals surface area contributed by atoms with Crippen LogP contribution < -0.4 is 10.2 Å². The number of anilines is 1. The van der Waals surface area contributed by atoms with E-state index in [0.717, 1.165) is 31.1 Å². The Bertz CT molecular complexity index is 444. The Morgan fingerprint density at radius 1 is 1.56 bits per heavy atom. The van der Waals surface area contributed by atoms with Crippen LogP contribution in [0.4, 0.5) is 5.82 Å². The molecule has 1 aliphatic rings. The Morgan fingerprint density at radius 3 is 3.06 bits per heavy atom. The SMILES string of the molecule is Cc1ccc(C#N)c(N(C)CC2CCCNC2)n1. The van der Waals surface area contributed by atoms with Gasteiger partial charge in [-0.15, -0.1) is 0 Å². The number of aromatic nitrogens is 1. The number of pyridine rings is 1. The molecule has 0 aromatic carbocycles. The van der Waals surface area contributed by atoms with E-state index in [1.54, 1.807) is 0 Å². The molecule has 0 radical (unpaired) electrons. The van der Waals surface area contributed by atoms with Crippen molar-refractivity contribution in [2.75, 3.05) is 31.6 Å². The molecule has 1 unspecified atom stereocenters. The van der Waals surface area contributed by atoms with Crippen LogP contribution in [0.1, 0.15) is 24.1 Å². The minimum Gasteiger partial charge on any atom is -0.358 e. The zero-order valence-electron chi connectivity index (χ0n) is 11.1. The Labute approximate surface area is 109 Å². The fourth-order valence-electron chi connectivity index (χ4n) is 2.47. The van der Waals surface area contributed by atoms with E-state index in [1.165, 1.54) is 12.8 Å². The minimum atomic E-state index is 0.651. The van der Waals surface area contributed by atoms with Gasteiger partial charge in [-0.2, -0.15) is 5.26 Å². The van der Waals surface area contributed by atoms with Gasteiger partial charge in [0.2, 0.25) is 0 Å². The quantitative estimate of drug-likeness (QED) is 0.879. The first-order valence-electron chi connectivity index (χ1n) is 6.50. The molecule has 4 nitrogen and oxygen atoms in total. The highest BCUT2D eigenvalue weighted by Crippen LogP contribution is 2.19. The zero-order valence-corrected chi connectivity index (χ0v) is 11.1. The number of nitrogens with one attached hydrogen (secondary N) is 1. The van der Waals surface area contributed by atoms with Gasteiger partial charge in [0.1, 0.15) is 11.9 Å². The molecule has 1 fully saturated rings. The average molecular weight is 244 g/mol. The Hall–Kier alpha value is -1.60. The van der Waals surface area contributed by atoms with Crippen molar-refractivity contribution in [3.63, 3.8) is 0 Å². The molecule has 0 amide bonds. The van der Waals surface area contributed by atoms with Crippen LogP contribution in [-0.4, -0.2) is 31.7 Å². The van der Waals surface area contributed by atoms with Crippen molar-refractivity contribution in [1.82, 2.24) is 10.3 Å². The predicted molar refractivity (Wildman–Crippen MR) is 72.6 cm³/mol. The molecule has 1 saturated heterocycles. The molecular weight excluding hydrogens is 224 g/mol. The van der Waals surface area contributed by atoms with Crippen LogP contribution in [0.25, 0.3) is 0 Å². The van der Waals surface area contributed by atoms with E-state index in [1.807, 2.05) is 26.1 Å². The third kappa shape index (κ3) is 2.99. The molecule has 1 atom stereocenters. The molecule has 2 rings (SSSR count). The summed E-state index contributed by atoms with van der Waals surface area (Å²) >= 11 is 0. The van der Waals surface area contributed by atoms with Gasteiger partial charge < -0.3 is 10.2 Å². The maximum Gasteiger partial charge on any atom is 0.146 e. The summed E-state index contributed by atoms with van der Waals surface area (Å²) in [6.07, 6.45) is 2.50. The van der Waals surface area contributed by atoms with Gasteiger partial charge >= 0.3 is 0 Å². The summed E-state index contributed by atoms with van der Waals surface area (Å²) in [4.78, 5) is 6.61. The summed E-state index contributed by atoms with van der Waals surface area (Å²) in [6.45, 7) is 5.11. The maximum atomic E-state index is 9.14. The molecule has 1 aromatic heterocycles. The van der Waals surface area contributed by atoms with Crippen molar-refractivity contribution in [2.45, 2.75) is 19.8 Å². The van der Waals surface area contributed by atoms with Crippen molar-refractivity contribution in [3.05, 3.63) is 23.4 Å². The normalized spacial score (nSPS) is 19.3. The molecule has 4 heteroatoms. The Morgan fingerprint density at radius 2 is 2.39 bits per heavy atom. The van der Waals surface area contributed by atoms with E-state index in [0.29, 0.717) is 11.5 Å². The summed E-state index contributed by atoms with van der Waals surface area (Å²) in [5.74, 6) is 1.46. The standard InChI is InChI=1S/C14H20N4/c1-11-5-6-13(8-15)14(17-11)18(2)10-12-4-3-7-16-9-12/h5-6,12,16H,3-4,7,9-10H2,1-2H3. The van der Waals surface area contributed by atoms with Gasteiger partial charge in [0, 0.05) is 19.3 Å². The van der Waals surface area contributed by atoms with Gasteiger partial charge in [0.05, 0.1) is 5.56 Å². The van der Waals surface area contributed by atoms with Gasteiger partial charge in [-0.1, -0.05) is 0 Å².